The largest absolute Gasteiger partial charge is 0.479 e. The summed E-state index contributed by atoms with van der Waals surface area (Å²) in [7, 11) is -2.30. The monoisotopic (exact) mass is 312 g/mol. The molecule has 0 aromatic heterocycles. The van der Waals surface area contributed by atoms with Crippen LogP contribution in [0.5, 0.6) is 5.75 Å². The smallest absolute Gasteiger partial charge is 0.305 e. The summed E-state index contributed by atoms with van der Waals surface area (Å²) in [6, 6.07) is 8.10. The minimum atomic E-state index is -3.55. The van der Waals surface area contributed by atoms with Gasteiger partial charge in [-0.15, -0.1) is 0 Å². The topological polar surface area (TPSA) is 105 Å². The van der Waals surface area contributed by atoms with Crippen LogP contribution in [0.25, 0.3) is 0 Å². The lowest BCUT2D eigenvalue weighted by Crippen LogP contribution is -2.17. The highest BCUT2D eigenvalue weighted by Gasteiger charge is 2.12. The van der Waals surface area contributed by atoms with E-state index in [-0.39, 0.29) is 25.2 Å². The number of nitrogens with one attached hydrogen (secondary N) is 1. The quantitative estimate of drug-likeness (QED) is 0.725. The number of ether oxygens (including phenoxy) is 2. The third-order valence-electron chi connectivity index (χ3n) is 2.43. The summed E-state index contributed by atoms with van der Waals surface area (Å²) < 4.78 is 35.6. The Morgan fingerprint density at radius 3 is 2.86 bits per heavy atom. The van der Waals surface area contributed by atoms with Crippen molar-refractivity contribution in [1.82, 2.24) is 0 Å². The molecule has 1 aromatic carbocycles. The molecule has 21 heavy (non-hydrogen) atoms. The van der Waals surface area contributed by atoms with E-state index in [1.54, 1.807) is 18.2 Å². The highest BCUT2D eigenvalue weighted by atomic mass is 32.2. The Morgan fingerprint density at radius 1 is 1.43 bits per heavy atom. The average Bonchev–Trinajstić information content (AvgIpc) is 2.44. The fraction of sp³-hybridized carbons (Fsp3) is 0.385. The lowest BCUT2D eigenvalue weighted by atomic mass is 10.3. The summed E-state index contributed by atoms with van der Waals surface area (Å²) >= 11 is 0. The van der Waals surface area contributed by atoms with Crippen LogP contribution >= 0.6 is 0 Å². The number of sulfonamides is 1. The number of hydrogen-bond acceptors (Lipinski definition) is 6. The van der Waals surface area contributed by atoms with Crippen LogP contribution < -0.4 is 9.46 Å². The van der Waals surface area contributed by atoms with E-state index < -0.39 is 16.0 Å². The standard InChI is InChI=1S/C13H16N2O5S/c1-19-13(16)6-3-9-21(17,18)15-11-4-2-5-12(10-11)20-8-7-14/h2,4-5,10,15H,3,6,8-9H2,1H3. The van der Waals surface area contributed by atoms with Gasteiger partial charge in [0.25, 0.3) is 0 Å². The van der Waals surface area contributed by atoms with E-state index >= 15 is 0 Å². The highest BCUT2D eigenvalue weighted by Crippen LogP contribution is 2.18. The SMILES string of the molecule is COC(=O)CCCS(=O)(=O)Nc1cccc(OCC#N)c1. The van der Waals surface area contributed by atoms with Crippen molar-refractivity contribution in [2.45, 2.75) is 12.8 Å². The molecule has 114 valence electrons. The van der Waals surface area contributed by atoms with Gasteiger partial charge in [-0.1, -0.05) is 6.07 Å². The van der Waals surface area contributed by atoms with Crippen LogP contribution in [0.15, 0.2) is 24.3 Å². The fourth-order valence-electron chi connectivity index (χ4n) is 1.50. The van der Waals surface area contributed by atoms with Crippen molar-refractivity contribution >= 4 is 21.7 Å². The number of carbonyl (C=O) groups excluding carboxylic acids is 1. The van der Waals surface area contributed by atoms with Crippen molar-refractivity contribution in [1.29, 1.82) is 5.26 Å². The van der Waals surface area contributed by atoms with Crippen LogP contribution in [0, 0.1) is 11.3 Å². The van der Waals surface area contributed by atoms with Gasteiger partial charge < -0.3 is 9.47 Å². The third-order valence-corrected chi connectivity index (χ3v) is 3.81. The molecular formula is C13H16N2O5S. The molecule has 0 radical (unpaired) electrons. The Morgan fingerprint density at radius 2 is 2.19 bits per heavy atom. The molecule has 0 amide bonds. The van der Waals surface area contributed by atoms with Crippen molar-refractivity contribution < 1.29 is 22.7 Å². The molecular weight excluding hydrogens is 296 g/mol. The van der Waals surface area contributed by atoms with Gasteiger partial charge >= 0.3 is 5.97 Å². The van der Waals surface area contributed by atoms with Gasteiger partial charge in [0, 0.05) is 12.5 Å². The van der Waals surface area contributed by atoms with Crippen LogP contribution in [0.2, 0.25) is 0 Å². The van der Waals surface area contributed by atoms with Gasteiger partial charge in [-0.05, 0) is 18.6 Å². The number of methoxy groups -OCH3 is 1. The van der Waals surface area contributed by atoms with E-state index in [1.807, 2.05) is 6.07 Å². The fourth-order valence-corrected chi connectivity index (χ4v) is 2.62. The van der Waals surface area contributed by atoms with E-state index in [9.17, 15) is 13.2 Å². The van der Waals surface area contributed by atoms with Gasteiger partial charge in [-0.25, -0.2) is 8.42 Å². The molecule has 0 heterocycles. The lowest BCUT2D eigenvalue weighted by molar-refractivity contribution is -0.140. The first kappa shape index (κ1) is 16.8. The predicted octanol–water partition coefficient (Wildman–Crippen LogP) is 1.28. The molecule has 0 saturated heterocycles. The Labute approximate surface area is 123 Å². The highest BCUT2D eigenvalue weighted by molar-refractivity contribution is 7.92. The molecule has 1 N–H and O–H groups in total. The Kier molecular flexibility index (Phi) is 6.49. The van der Waals surface area contributed by atoms with Crippen molar-refractivity contribution in [2.24, 2.45) is 0 Å². The zero-order chi connectivity index (χ0) is 15.7. The first-order valence-electron chi connectivity index (χ1n) is 6.14. The molecule has 0 aliphatic rings. The van der Waals surface area contributed by atoms with Gasteiger partial charge in [0.1, 0.15) is 11.8 Å². The maximum atomic E-state index is 11.8. The minimum Gasteiger partial charge on any atom is -0.479 e. The second kappa shape index (κ2) is 8.11. The number of benzene rings is 1. The molecule has 0 bridgehead atoms. The number of nitrogens with zero attached hydrogens (tertiary/aromatic N) is 1. The summed E-state index contributed by atoms with van der Waals surface area (Å²) in [6.45, 7) is -0.116. The lowest BCUT2D eigenvalue weighted by Gasteiger charge is -2.09. The maximum absolute atomic E-state index is 11.8. The van der Waals surface area contributed by atoms with Crippen molar-refractivity contribution in [2.75, 3.05) is 24.2 Å². The van der Waals surface area contributed by atoms with Crippen LogP contribution in [-0.2, 0) is 19.6 Å². The van der Waals surface area contributed by atoms with Gasteiger partial charge in [0.15, 0.2) is 6.61 Å². The van der Waals surface area contributed by atoms with Crippen LogP contribution in [0.1, 0.15) is 12.8 Å². The van der Waals surface area contributed by atoms with Crippen LogP contribution in [0.4, 0.5) is 5.69 Å². The first-order valence-corrected chi connectivity index (χ1v) is 7.79. The molecule has 0 aliphatic heterocycles. The Bertz CT molecular complexity index is 622. The maximum Gasteiger partial charge on any atom is 0.305 e. The molecule has 0 unspecified atom stereocenters. The molecule has 7 nitrogen and oxygen atoms in total. The molecule has 0 aliphatic carbocycles. The normalized spacial score (nSPS) is 10.5. The summed E-state index contributed by atoms with van der Waals surface area (Å²) in [5, 5.41) is 8.42. The number of anilines is 1. The average molecular weight is 312 g/mol. The minimum absolute atomic E-state index is 0.0444. The van der Waals surface area contributed by atoms with E-state index in [2.05, 4.69) is 9.46 Å². The number of nitriles is 1. The summed E-state index contributed by atoms with van der Waals surface area (Å²) in [5.74, 6) is -0.242. The molecule has 1 aromatic rings. The van der Waals surface area contributed by atoms with Gasteiger partial charge in [0.2, 0.25) is 10.0 Å². The zero-order valence-electron chi connectivity index (χ0n) is 11.5. The molecule has 0 spiro atoms. The molecule has 8 heteroatoms. The van der Waals surface area contributed by atoms with Crippen molar-refractivity contribution in [3.63, 3.8) is 0 Å². The summed E-state index contributed by atoms with van der Waals surface area (Å²) in [4.78, 5) is 10.9. The Balaban J connectivity index is 2.58. The molecule has 0 atom stereocenters. The van der Waals surface area contributed by atoms with Gasteiger partial charge in [0.05, 0.1) is 18.6 Å². The van der Waals surface area contributed by atoms with E-state index in [0.717, 1.165) is 0 Å². The summed E-state index contributed by atoms with van der Waals surface area (Å²) in [5.41, 5.74) is 0.337. The number of esters is 1. The van der Waals surface area contributed by atoms with Gasteiger partial charge in [-0.3, -0.25) is 9.52 Å². The first-order chi connectivity index (χ1) is 9.96. The van der Waals surface area contributed by atoms with Crippen molar-refractivity contribution in [3.05, 3.63) is 24.3 Å². The van der Waals surface area contributed by atoms with Crippen molar-refractivity contribution in [3.8, 4) is 11.8 Å². The van der Waals surface area contributed by atoms with E-state index in [1.165, 1.54) is 13.2 Å². The van der Waals surface area contributed by atoms with E-state index in [4.69, 9.17) is 10.00 Å². The van der Waals surface area contributed by atoms with Crippen LogP contribution in [0.3, 0.4) is 0 Å². The Hall–Kier alpha value is -2.27. The zero-order valence-corrected chi connectivity index (χ0v) is 12.4. The second-order valence-electron chi connectivity index (χ2n) is 4.08. The van der Waals surface area contributed by atoms with Gasteiger partial charge in [-0.2, -0.15) is 5.26 Å². The van der Waals surface area contributed by atoms with E-state index in [0.29, 0.717) is 11.4 Å². The van der Waals surface area contributed by atoms with Crippen LogP contribution in [-0.4, -0.2) is 33.9 Å². The summed E-state index contributed by atoms with van der Waals surface area (Å²) in [6.07, 6.45) is 0.218. The molecule has 0 saturated carbocycles. The number of rotatable bonds is 8. The number of carbonyl (C=O) groups is 1. The molecule has 1 rings (SSSR count). The number of hydrogen-bond donors (Lipinski definition) is 1. The predicted molar refractivity (Wildman–Crippen MR) is 76.2 cm³/mol. The second-order valence-corrected chi connectivity index (χ2v) is 5.92. The third kappa shape index (κ3) is 6.63. The molecule has 0 fully saturated rings.